The molecule has 5 nitrogen and oxygen atoms in total. The minimum absolute atomic E-state index is 0.137. The Labute approximate surface area is 118 Å². The third-order valence-corrected chi connectivity index (χ3v) is 2.55. The summed E-state index contributed by atoms with van der Waals surface area (Å²) in [4.78, 5) is 16.1. The van der Waals surface area contributed by atoms with E-state index in [2.05, 4.69) is 9.72 Å². The van der Waals surface area contributed by atoms with Gasteiger partial charge in [-0.05, 0) is 24.4 Å². The average Bonchev–Trinajstić information content (AvgIpc) is 2.36. The van der Waals surface area contributed by atoms with Crippen molar-refractivity contribution in [1.29, 1.82) is 0 Å². The lowest BCUT2D eigenvalue weighted by Gasteiger charge is -2.16. The first-order valence-electron chi connectivity index (χ1n) is 5.22. The van der Waals surface area contributed by atoms with E-state index in [0.717, 1.165) is 13.2 Å². The number of thiocarbonyl (C=S) groups is 1. The SMILES string of the molecule is COC(=O)c1ccc(C(F)(F)F)nc1OC(=S)N(C)C. The molecule has 0 radical (unpaired) electrons. The number of rotatable bonds is 2. The molecule has 0 atom stereocenters. The third kappa shape index (κ3) is 3.80. The van der Waals surface area contributed by atoms with Gasteiger partial charge in [0.05, 0.1) is 7.11 Å². The Bertz CT molecular complexity index is 532. The molecule has 0 saturated heterocycles. The Morgan fingerprint density at radius 1 is 1.35 bits per heavy atom. The van der Waals surface area contributed by atoms with Crippen molar-refractivity contribution in [3.05, 3.63) is 23.4 Å². The third-order valence-electron chi connectivity index (χ3n) is 2.11. The molecule has 0 aliphatic heterocycles. The fraction of sp³-hybridized carbons (Fsp3) is 0.364. The molecule has 20 heavy (non-hydrogen) atoms. The highest BCUT2D eigenvalue weighted by atomic mass is 32.1. The normalized spacial score (nSPS) is 10.9. The maximum Gasteiger partial charge on any atom is 0.433 e. The van der Waals surface area contributed by atoms with Crippen molar-refractivity contribution in [2.24, 2.45) is 0 Å². The van der Waals surface area contributed by atoms with Crippen LogP contribution in [0.15, 0.2) is 12.1 Å². The summed E-state index contributed by atoms with van der Waals surface area (Å²) >= 11 is 4.81. The van der Waals surface area contributed by atoms with Crippen LogP contribution >= 0.6 is 12.2 Å². The number of carbonyl (C=O) groups excluding carboxylic acids is 1. The van der Waals surface area contributed by atoms with Crippen LogP contribution in [0.1, 0.15) is 16.1 Å². The van der Waals surface area contributed by atoms with Crippen LogP contribution in [-0.4, -0.2) is 42.2 Å². The number of hydrogen-bond acceptors (Lipinski definition) is 5. The van der Waals surface area contributed by atoms with Crippen LogP contribution in [0.3, 0.4) is 0 Å². The highest BCUT2D eigenvalue weighted by Gasteiger charge is 2.34. The highest BCUT2D eigenvalue weighted by Crippen LogP contribution is 2.30. The summed E-state index contributed by atoms with van der Waals surface area (Å²) in [5.74, 6) is -1.42. The van der Waals surface area contributed by atoms with Crippen LogP contribution in [-0.2, 0) is 10.9 Å². The van der Waals surface area contributed by atoms with Gasteiger partial charge in [0, 0.05) is 14.1 Å². The zero-order valence-corrected chi connectivity index (χ0v) is 11.6. The molecule has 1 aromatic rings. The van der Waals surface area contributed by atoms with E-state index in [1.165, 1.54) is 19.0 Å². The maximum atomic E-state index is 12.6. The molecule has 0 fully saturated rings. The van der Waals surface area contributed by atoms with E-state index in [9.17, 15) is 18.0 Å². The second-order valence-electron chi connectivity index (χ2n) is 3.80. The topological polar surface area (TPSA) is 51.7 Å². The molecule has 0 unspecified atom stereocenters. The summed E-state index contributed by atoms with van der Waals surface area (Å²) in [6.45, 7) is 0. The Hall–Kier alpha value is -1.90. The molecular weight excluding hydrogens is 297 g/mol. The van der Waals surface area contributed by atoms with E-state index in [-0.39, 0.29) is 10.7 Å². The van der Waals surface area contributed by atoms with Crippen molar-refractivity contribution in [1.82, 2.24) is 9.88 Å². The summed E-state index contributed by atoms with van der Waals surface area (Å²) in [5, 5.41) is -0.137. The molecule has 0 N–H and O–H groups in total. The monoisotopic (exact) mass is 308 g/mol. The lowest BCUT2D eigenvalue weighted by molar-refractivity contribution is -0.141. The highest BCUT2D eigenvalue weighted by molar-refractivity contribution is 7.80. The van der Waals surface area contributed by atoms with Gasteiger partial charge in [-0.1, -0.05) is 0 Å². The van der Waals surface area contributed by atoms with E-state index < -0.39 is 23.7 Å². The van der Waals surface area contributed by atoms with Gasteiger partial charge in [-0.15, -0.1) is 0 Å². The van der Waals surface area contributed by atoms with Crippen molar-refractivity contribution in [2.75, 3.05) is 21.2 Å². The van der Waals surface area contributed by atoms with Gasteiger partial charge in [-0.3, -0.25) is 0 Å². The van der Waals surface area contributed by atoms with Crippen LogP contribution in [0, 0.1) is 0 Å². The summed E-state index contributed by atoms with van der Waals surface area (Å²) in [7, 11) is 4.16. The van der Waals surface area contributed by atoms with E-state index in [4.69, 9.17) is 17.0 Å². The number of carbonyl (C=O) groups is 1. The molecule has 1 heterocycles. The van der Waals surface area contributed by atoms with Crippen LogP contribution in [0.2, 0.25) is 0 Å². The van der Waals surface area contributed by atoms with Crippen LogP contribution in [0.4, 0.5) is 13.2 Å². The molecule has 0 saturated carbocycles. The van der Waals surface area contributed by atoms with Gasteiger partial charge < -0.3 is 14.4 Å². The molecule has 1 aromatic heterocycles. The Kier molecular flexibility index (Phi) is 4.88. The minimum atomic E-state index is -4.66. The number of alkyl halides is 3. The second-order valence-corrected chi connectivity index (χ2v) is 4.15. The number of nitrogens with zero attached hydrogens (tertiary/aromatic N) is 2. The lowest BCUT2D eigenvalue weighted by Crippen LogP contribution is -2.26. The predicted molar refractivity (Wildman–Crippen MR) is 67.5 cm³/mol. The molecule has 1 rings (SSSR count). The maximum absolute atomic E-state index is 12.6. The van der Waals surface area contributed by atoms with E-state index in [1.54, 1.807) is 0 Å². The average molecular weight is 308 g/mol. The first-order chi connectivity index (χ1) is 9.16. The second kappa shape index (κ2) is 6.04. The van der Waals surface area contributed by atoms with Crippen molar-refractivity contribution in [2.45, 2.75) is 6.18 Å². The molecule has 0 aliphatic rings. The van der Waals surface area contributed by atoms with Crippen molar-refractivity contribution >= 4 is 23.4 Å². The molecule has 0 aliphatic carbocycles. The van der Waals surface area contributed by atoms with Gasteiger partial charge in [0.2, 0.25) is 5.88 Å². The number of halogens is 3. The van der Waals surface area contributed by atoms with Gasteiger partial charge in [0.25, 0.3) is 5.17 Å². The summed E-state index contributed by atoms with van der Waals surface area (Å²) in [5.41, 5.74) is -1.44. The van der Waals surface area contributed by atoms with Crippen LogP contribution < -0.4 is 4.74 Å². The van der Waals surface area contributed by atoms with E-state index in [0.29, 0.717) is 6.07 Å². The quantitative estimate of drug-likeness (QED) is 0.616. The summed E-state index contributed by atoms with van der Waals surface area (Å²) < 4.78 is 47.3. The number of pyridine rings is 1. The lowest BCUT2D eigenvalue weighted by atomic mass is 10.2. The number of aromatic nitrogens is 1. The molecule has 0 amide bonds. The van der Waals surface area contributed by atoms with Gasteiger partial charge in [-0.25, -0.2) is 9.78 Å². The predicted octanol–water partition coefficient (Wildman–Crippen LogP) is 2.11. The smallest absolute Gasteiger partial charge is 0.433 e. The largest absolute Gasteiger partial charge is 0.465 e. The first-order valence-corrected chi connectivity index (χ1v) is 5.63. The molecular formula is C11H11F3N2O3S. The van der Waals surface area contributed by atoms with Crippen molar-refractivity contribution < 1.29 is 27.4 Å². The number of ether oxygens (including phenoxy) is 2. The number of esters is 1. The first kappa shape index (κ1) is 16.2. The fourth-order valence-corrected chi connectivity index (χ4v) is 1.19. The fourth-order valence-electron chi connectivity index (χ4n) is 1.12. The number of hydrogen-bond donors (Lipinski definition) is 0. The van der Waals surface area contributed by atoms with Crippen LogP contribution in [0.5, 0.6) is 5.88 Å². The van der Waals surface area contributed by atoms with E-state index >= 15 is 0 Å². The summed E-state index contributed by atoms with van der Waals surface area (Å²) in [6, 6.07) is 1.59. The summed E-state index contributed by atoms with van der Waals surface area (Å²) in [6.07, 6.45) is -4.66. The van der Waals surface area contributed by atoms with Gasteiger partial charge >= 0.3 is 12.1 Å². The van der Waals surface area contributed by atoms with Gasteiger partial charge in [0.15, 0.2) is 0 Å². The standard InChI is InChI=1S/C11H11F3N2O3S/c1-16(2)10(20)19-8-6(9(17)18-3)4-5-7(15-8)11(12,13)14/h4-5H,1-3H3. The zero-order chi connectivity index (χ0) is 15.5. The Morgan fingerprint density at radius 3 is 2.40 bits per heavy atom. The van der Waals surface area contributed by atoms with Crippen molar-refractivity contribution in [3.63, 3.8) is 0 Å². The Balaban J connectivity index is 3.26. The van der Waals surface area contributed by atoms with Gasteiger partial charge in [0.1, 0.15) is 11.3 Å². The molecule has 0 bridgehead atoms. The van der Waals surface area contributed by atoms with E-state index in [1.807, 2.05) is 0 Å². The Morgan fingerprint density at radius 2 is 1.95 bits per heavy atom. The zero-order valence-electron chi connectivity index (χ0n) is 10.8. The molecule has 0 spiro atoms. The minimum Gasteiger partial charge on any atom is -0.465 e. The van der Waals surface area contributed by atoms with Gasteiger partial charge in [-0.2, -0.15) is 13.2 Å². The van der Waals surface area contributed by atoms with Crippen LogP contribution in [0.25, 0.3) is 0 Å². The molecule has 110 valence electrons. The molecule has 0 aromatic carbocycles. The van der Waals surface area contributed by atoms with Crippen molar-refractivity contribution in [3.8, 4) is 5.88 Å². The molecule has 9 heteroatoms. The number of methoxy groups -OCH3 is 1.